The summed E-state index contributed by atoms with van der Waals surface area (Å²) in [5.41, 5.74) is 0.161. The van der Waals surface area contributed by atoms with Gasteiger partial charge in [-0.15, -0.1) is 0 Å². The molecule has 1 fully saturated rings. The molecule has 1 atom stereocenters. The van der Waals surface area contributed by atoms with Crippen molar-refractivity contribution in [2.45, 2.75) is 6.42 Å². The lowest BCUT2D eigenvalue weighted by Crippen LogP contribution is -2.25. The van der Waals surface area contributed by atoms with Crippen molar-refractivity contribution in [1.29, 1.82) is 0 Å². The summed E-state index contributed by atoms with van der Waals surface area (Å²) in [7, 11) is 0. The molecule has 0 N–H and O–H groups in total. The van der Waals surface area contributed by atoms with Crippen LogP contribution in [0.4, 0.5) is 11.4 Å². The SMILES string of the molecule is O=C1CC(CS)CN1c1cc(Cl)ccc1[N+](=O)[O-]. The molecule has 5 nitrogen and oxygen atoms in total. The van der Waals surface area contributed by atoms with Gasteiger partial charge in [0.1, 0.15) is 5.69 Å². The fourth-order valence-corrected chi connectivity index (χ4v) is 2.41. The van der Waals surface area contributed by atoms with E-state index in [9.17, 15) is 14.9 Å². The minimum atomic E-state index is -0.507. The largest absolute Gasteiger partial charge is 0.306 e. The van der Waals surface area contributed by atoms with Gasteiger partial charge in [0.05, 0.1) is 4.92 Å². The van der Waals surface area contributed by atoms with Gasteiger partial charge in [0, 0.05) is 24.1 Å². The molecule has 0 spiro atoms. The van der Waals surface area contributed by atoms with Crippen molar-refractivity contribution in [3.05, 3.63) is 33.3 Å². The fraction of sp³-hybridized carbons (Fsp3) is 0.364. The van der Waals surface area contributed by atoms with E-state index in [0.717, 1.165) is 0 Å². The van der Waals surface area contributed by atoms with Crippen LogP contribution in [0.1, 0.15) is 6.42 Å². The normalized spacial score (nSPS) is 19.3. The highest BCUT2D eigenvalue weighted by molar-refractivity contribution is 7.80. The molecule has 0 aliphatic carbocycles. The van der Waals surface area contributed by atoms with Gasteiger partial charge < -0.3 is 4.90 Å². The Morgan fingerprint density at radius 2 is 2.28 bits per heavy atom. The molecule has 1 amide bonds. The summed E-state index contributed by atoms with van der Waals surface area (Å²) in [5, 5.41) is 11.3. The Morgan fingerprint density at radius 1 is 1.56 bits per heavy atom. The molecule has 1 heterocycles. The summed E-state index contributed by atoms with van der Waals surface area (Å²) in [4.78, 5) is 23.7. The lowest BCUT2D eigenvalue weighted by Gasteiger charge is -2.16. The average Bonchev–Trinajstić information content (AvgIpc) is 2.70. The van der Waals surface area contributed by atoms with Crippen LogP contribution in [0.5, 0.6) is 0 Å². The van der Waals surface area contributed by atoms with Crippen molar-refractivity contribution >= 4 is 41.5 Å². The number of rotatable bonds is 3. The molecule has 18 heavy (non-hydrogen) atoms. The lowest BCUT2D eigenvalue weighted by atomic mass is 10.1. The van der Waals surface area contributed by atoms with E-state index >= 15 is 0 Å². The number of nitro benzene ring substituents is 1. The molecule has 1 saturated heterocycles. The van der Waals surface area contributed by atoms with E-state index in [1.807, 2.05) is 0 Å². The summed E-state index contributed by atoms with van der Waals surface area (Å²) in [6.45, 7) is 0.448. The first-order valence-corrected chi connectivity index (χ1v) is 6.39. The molecule has 96 valence electrons. The third kappa shape index (κ3) is 2.44. The molecular formula is C11H11ClN2O3S. The van der Waals surface area contributed by atoms with E-state index in [0.29, 0.717) is 23.7 Å². The van der Waals surface area contributed by atoms with E-state index in [-0.39, 0.29) is 23.2 Å². The number of nitro groups is 1. The molecule has 2 rings (SSSR count). The summed E-state index contributed by atoms with van der Waals surface area (Å²) in [6, 6.07) is 4.22. The summed E-state index contributed by atoms with van der Waals surface area (Å²) in [5.74, 6) is 0.579. The fourth-order valence-electron chi connectivity index (χ4n) is 2.00. The van der Waals surface area contributed by atoms with Crippen molar-refractivity contribution in [3.8, 4) is 0 Å². The highest BCUT2D eigenvalue weighted by Gasteiger charge is 2.33. The number of halogens is 1. The Morgan fingerprint density at radius 3 is 2.83 bits per heavy atom. The third-order valence-electron chi connectivity index (χ3n) is 2.89. The van der Waals surface area contributed by atoms with E-state index in [1.54, 1.807) is 0 Å². The second-order valence-electron chi connectivity index (χ2n) is 4.15. The monoisotopic (exact) mass is 286 g/mol. The Bertz CT molecular complexity index is 509. The zero-order valence-electron chi connectivity index (χ0n) is 9.38. The predicted molar refractivity (Wildman–Crippen MR) is 72.4 cm³/mol. The van der Waals surface area contributed by atoms with Crippen molar-refractivity contribution in [3.63, 3.8) is 0 Å². The number of hydrogen-bond donors (Lipinski definition) is 1. The molecule has 1 aliphatic rings. The average molecular weight is 287 g/mol. The number of thiol groups is 1. The first-order valence-electron chi connectivity index (χ1n) is 5.38. The van der Waals surface area contributed by atoms with Crippen LogP contribution < -0.4 is 4.90 Å². The van der Waals surface area contributed by atoms with Crippen molar-refractivity contribution in [2.24, 2.45) is 5.92 Å². The minimum absolute atomic E-state index is 0.104. The molecule has 1 aromatic rings. The molecule has 0 radical (unpaired) electrons. The Kier molecular flexibility index (Phi) is 3.77. The first kappa shape index (κ1) is 13.2. The van der Waals surface area contributed by atoms with Crippen LogP contribution in [-0.4, -0.2) is 23.1 Å². The maximum absolute atomic E-state index is 11.9. The first-order chi connectivity index (χ1) is 8.52. The highest BCUT2D eigenvalue weighted by atomic mass is 35.5. The van der Waals surface area contributed by atoms with E-state index in [2.05, 4.69) is 12.6 Å². The van der Waals surface area contributed by atoms with Crippen LogP contribution >= 0.6 is 24.2 Å². The Hall–Kier alpha value is -1.27. The highest BCUT2D eigenvalue weighted by Crippen LogP contribution is 2.35. The number of benzene rings is 1. The number of nitrogens with zero attached hydrogens (tertiary/aromatic N) is 2. The standard InChI is InChI=1S/C11H11ClN2O3S/c12-8-1-2-9(14(16)17)10(4-8)13-5-7(6-18)3-11(13)15/h1-2,4,7,18H,3,5-6H2. The second-order valence-corrected chi connectivity index (χ2v) is 4.95. The molecule has 1 aromatic carbocycles. The quantitative estimate of drug-likeness (QED) is 0.527. The van der Waals surface area contributed by atoms with Gasteiger partial charge in [-0.25, -0.2) is 0 Å². The van der Waals surface area contributed by atoms with Gasteiger partial charge in [-0.3, -0.25) is 14.9 Å². The summed E-state index contributed by atoms with van der Waals surface area (Å²) < 4.78 is 0. The maximum Gasteiger partial charge on any atom is 0.293 e. The van der Waals surface area contributed by atoms with Crippen molar-refractivity contribution in [1.82, 2.24) is 0 Å². The van der Waals surface area contributed by atoms with E-state index in [1.165, 1.54) is 23.1 Å². The van der Waals surface area contributed by atoms with Crippen molar-refractivity contribution in [2.75, 3.05) is 17.2 Å². The number of anilines is 1. The molecule has 1 aliphatic heterocycles. The second kappa shape index (κ2) is 5.16. The maximum atomic E-state index is 11.9. The van der Waals surface area contributed by atoms with E-state index < -0.39 is 4.92 Å². The smallest absolute Gasteiger partial charge is 0.293 e. The van der Waals surface area contributed by atoms with Gasteiger partial charge in [-0.05, 0) is 23.8 Å². The Balaban J connectivity index is 2.41. The van der Waals surface area contributed by atoms with Crippen LogP contribution in [0, 0.1) is 16.0 Å². The number of carbonyl (C=O) groups is 1. The zero-order chi connectivity index (χ0) is 13.3. The molecule has 0 saturated carbocycles. The van der Waals surface area contributed by atoms with Gasteiger partial charge in [-0.2, -0.15) is 12.6 Å². The topological polar surface area (TPSA) is 63.5 Å². The number of amides is 1. The van der Waals surface area contributed by atoms with Gasteiger partial charge in [0.25, 0.3) is 5.69 Å². The molecule has 0 bridgehead atoms. The third-order valence-corrected chi connectivity index (χ3v) is 3.64. The van der Waals surface area contributed by atoms with Crippen LogP contribution in [-0.2, 0) is 4.79 Å². The molecule has 7 heteroatoms. The van der Waals surface area contributed by atoms with Gasteiger partial charge in [0.2, 0.25) is 5.91 Å². The summed E-state index contributed by atoms with van der Waals surface area (Å²) in [6.07, 6.45) is 0.368. The molecular weight excluding hydrogens is 276 g/mol. The van der Waals surface area contributed by atoms with Crippen molar-refractivity contribution < 1.29 is 9.72 Å². The molecule has 1 unspecified atom stereocenters. The number of hydrogen-bond acceptors (Lipinski definition) is 4. The van der Waals surface area contributed by atoms with Crippen LogP contribution in [0.2, 0.25) is 5.02 Å². The predicted octanol–water partition coefficient (Wildman–Crippen LogP) is 2.53. The van der Waals surface area contributed by atoms with Gasteiger partial charge >= 0.3 is 0 Å². The number of carbonyl (C=O) groups excluding carboxylic acids is 1. The minimum Gasteiger partial charge on any atom is -0.306 e. The lowest BCUT2D eigenvalue weighted by molar-refractivity contribution is -0.384. The Labute approximate surface area is 114 Å². The summed E-state index contributed by atoms with van der Waals surface area (Å²) >= 11 is 10.00. The van der Waals surface area contributed by atoms with Gasteiger partial charge in [-0.1, -0.05) is 11.6 Å². The van der Waals surface area contributed by atoms with Crippen LogP contribution in [0.3, 0.4) is 0 Å². The van der Waals surface area contributed by atoms with Gasteiger partial charge in [0.15, 0.2) is 0 Å². The van der Waals surface area contributed by atoms with Crippen LogP contribution in [0.15, 0.2) is 18.2 Å². The van der Waals surface area contributed by atoms with Crippen LogP contribution in [0.25, 0.3) is 0 Å². The van der Waals surface area contributed by atoms with E-state index in [4.69, 9.17) is 11.6 Å². The zero-order valence-corrected chi connectivity index (χ0v) is 11.0. The molecule has 0 aromatic heterocycles.